The highest BCUT2D eigenvalue weighted by molar-refractivity contribution is 5.97. The summed E-state index contributed by atoms with van der Waals surface area (Å²) in [5, 5.41) is 4.10. The van der Waals surface area contributed by atoms with Crippen molar-refractivity contribution >= 4 is 5.78 Å². The molecule has 2 bridgehead atoms. The van der Waals surface area contributed by atoms with Crippen molar-refractivity contribution in [3.63, 3.8) is 0 Å². The van der Waals surface area contributed by atoms with Crippen LogP contribution in [-0.4, -0.2) is 22.7 Å². The van der Waals surface area contributed by atoms with E-state index in [1.165, 1.54) is 25.7 Å². The molecule has 3 unspecified atom stereocenters. The Balaban J connectivity index is 1.73. The normalized spacial score (nSPS) is 29.8. The number of fused-ring (bicyclic) bond motifs is 2. The third-order valence-electron chi connectivity index (χ3n) is 4.72. The van der Waals surface area contributed by atoms with E-state index in [0.717, 1.165) is 11.8 Å². The lowest BCUT2D eigenvalue weighted by atomic mass is 9.85. The Labute approximate surface area is 107 Å². The molecule has 0 amide bonds. The topological polar surface area (TPSA) is 44.1 Å². The minimum Gasteiger partial charge on any atom is -0.493 e. The zero-order valence-electron chi connectivity index (χ0n) is 11.1. The van der Waals surface area contributed by atoms with Crippen LogP contribution in [0.5, 0.6) is 5.75 Å². The van der Waals surface area contributed by atoms with Gasteiger partial charge in [0.25, 0.3) is 0 Å². The van der Waals surface area contributed by atoms with Crippen molar-refractivity contribution < 1.29 is 9.53 Å². The lowest BCUT2D eigenvalue weighted by Gasteiger charge is -2.20. The van der Waals surface area contributed by atoms with Gasteiger partial charge in [-0.05, 0) is 37.0 Å². The van der Waals surface area contributed by atoms with Crippen LogP contribution in [0.2, 0.25) is 0 Å². The number of rotatable bonds is 4. The van der Waals surface area contributed by atoms with Crippen LogP contribution in [0.15, 0.2) is 6.20 Å². The molecule has 2 aliphatic rings. The van der Waals surface area contributed by atoms with Crippen LogP contribution >= 0.6 is 0 Å². The van der Waals surface area contributed by atoms with Gasteiger partial charge in [-0.3, -0.25) is 9.48 Å². The molecular formula is C14H20N2O2. The zero-order valence-corrected chi connectivity index (χ0v) is 11.1. The third-order valence-corrected chi connectivity index (χ3v) is 4.72. The summed E-state index contributed by atoms with van der Waals surface area (Å²) in [5.74, 6) is 3.06. The molecule has 98 valence electrons. The summed E-state index contributed by atoms with van der Waals surface area (Å²) in [7, 11) is 3.39. The van der Waals surface area contributed by atoms with Gasteiger partial charge in [0.1, 0.15) is 5.69 Å². The molecule has 0 spiro atoms. The van der Waals surface area contributed by atoms with E-state index in [2.05, 4.69) is 5.10 Å². The second-order valence-electron chi connectivity index (χ2n) is 5.75. The smallest absolute Gasteiger partial charge is 0.184 e. The second-order valence-corrected chi connectivity index (χ2v) is 5.75. The van der Waals surface area contributed by atoms with Crippen molar-refractivity contribution in [3.05, 3.63) is 11.9 Å². The summed E-state index contributed by atoms with van der Waals surface area (Å²) in [6.07, 6.45) is 7.58. The number of ether oxygens (including phenoxy) is 1. The maximum atomic E-state index is 12.4. The predicted molar refractivity (Wildman–Crippen MR) is 67.6 cm³/mol. The first kappa shape index (κ1) is 11.8. The summed E-state index contributed by atoms with van der Waals surface area (Å²) < 4.78 is 6.84. The van der Waals surface area contributed by atoms with Gasteiger partial charge >= 0.3 is 0 Å². The number of aryl methyl sites for hydroxylation is 1. The van der Waals surface area contributed by atoms with E-state index in [9.17, 15) is 4.79 Å². The third kappa shape index (κ3) is 1.84. The van der Waals surface area contributed by atoms with Gasteiger partial charge in [0, 0.05) is 13.5 Å². The van der Waals surface area contributed by atoms with Crippen LogP contribution in [0.25, 0.3) is 0 Å². The number of carbonyl (C=O) groups is 1. The Morgan fingerprint density at radius 3 is 2.94 bits per heavy atom. The van der Waals surface area contributed by atoms with Gasteiger partial charge in [-0.1, -0.05) is 6.42 Å². The molecule has 2 aliphatic carbocycles. The number of aromatic nitrogens is 2. The maximum absolute atomic E-state index is 12.4. The van der Waals surface area contributed by atoms with Crippen molar-refractivity contribution in [1.29, 1.82) is 0 Å². The lowest BCUT2D eigenvalue weighted by molar-refractivity contribution is 0.0932. The summed E-state index contributed by atoms with van der Waals surface area (Å²) >= 11 is 0. The molecule has 3 rings (SSSR count). The molecule has 0 N–H and O–H groups in total. The van der Waals surface area contributed by atoms with Gasteiger partial charge in [-0.15, -0.1) is 0 Å². The monoisotopic (exact) mass is 248 g/mol. The molecule has 4 nitrogen and oxygen atoms in total. The van der Waals surface area contributed by atoms with Gasteiger partial charge in [0.05, 0.1) is 13.3 Å². The molecule has 3 atom stereocenters. The molecule has 0 radical (unpaired) electrons. The number of ketones is 1. The van der Waals surface area contributed by atoms with Crippen molar-refractivity contribution in [3.8, 4) is 5.75 Å². The van der Waals surface area contributed by atoms with E-state index in [-0.39, 0.29) is 5.78 Å². The summed E-state index contributed by atoms with van der Waals surface area (Å²) in [5.41, 5.74) is 0.625. The van der Waals surface area contributed by atoms with Crippen LogP contribution in [0.1, 0.15) is 42.6 Å². The molecule has 1 aromatic heterocycles. The van der Waals surface area contributed by atoms with Crippen LogP contribution in [0, 0.1) is 17.8 Å². The van der Waals surface area contributed by atoms with E-state index in [1.54, 1.807) is 25.0 Å². The predicted octanol–water partition coefficient (Wildman–Crippen LogP) is 2.44. The zero-order chi connectivity index (χ0) is 12.7. The molecule has 0 aromatic carbocycles. The van der Waals surface area contributed by atoms with Crippen molar-refractivity contribution in [2.24, 2.45) is 24.8 Å². The highest BCUT2D eigenvalue weighted by Gasteiger charge is 2.40. The molecule has 0 saturated heterocycles. The largest absolute Gasteiger partial charge is 0.493 e. The first-order valence-corrected chi connectivity index (χ1v) is 6.78. The number of hydrogen-bond donors (Lipinski definition) is 0. The Kier molecular flexibility index (Phi) is 2.88. The van der Waals surface area contributed by atoms with Gasteiger partial charge in [0.15, 0.2) is 11.5 Å². The Bertz CT molecular complexity index is 466. The molecule has 2 fully saturated rings. The molecule has 2 saturated carbocycles. The van der Waals surface area contributed by atoms with E-state index in [4.69, 9.17) is 4.74 Å². The number of methoxy groups -OCH3 is 1. The molecule has 1 aromatic rings. The Hall–Kier alpha value is -1.32. The molecular weight excluding hydrogens is 228 g/mol. The summed E-state index contributed by atoms with van der Waals surface area (Å²) in [6, 6.07) is 0. The number of carbonyl (C=O) groups excluding carboxylic acids is 1. The van der Waals surface area contributed by atoms with Gasteiger partial charge < -0.3 is 4.74 Å². The van der Waals surface area contributed by atoms with E-state index < -0.39 is 0 Å². The van der Waals surface area contributed by atoms with Crippen LogP contribution in [0.4, 0.5) is 0 Å². The first-order chi connectivity index (χ1) is 8.69. The van der Waals surface area contributed by atoms with Gasteiger partial charge in [0.2, 0.25) is 0 Å². The van der Waals surface area contributed by atoms with Crippen LogP contribution in [0.3, 0.4) is 0 Å². The quantitative estimate of drug-likeness (QED) is 0.769. The fraction of sp³-hybridized carbons (Fsp3) is 0.714. The maximum Gasteiger partial charge on any atom is 0.184 e. The van der Waals surface area contributed by atoms with Gasteiger partial charge in [-0.25, -0.2) is 0 Å². The molecule has 4 heteroatoms. The number of nitrogens with zero attached hydrogens (tertiary/aromatic N) is 2. The SMILES string of the molecule is COc1cnn(C)c1C(=O)CC1CC2CCC1C2. The average Bonchev–Trinajstić information content (AvgIpc) is 3.03. The van der Waals surface area contributed by atoms with Crippen LogP contribution < -0.4 is 4.74 Å². The minimum atomic E-state index is 0.185. The van der Waals surface area contributed by atoms with E-state index in [1.807, 2.05) is 0 Å². The van der Waals surface area contributed by atoms with Crippen molar-refractivity contribution in [2.75, 3.05) is 7.11 Å². The number of Topliss-reactive ketones (excluding diaryl/α,β-unsaturated/α-hetero) is 1. The highest BCUT2D eigenvalue weighted by Crippen LogP contribution is 2.49. The Morgan fingerprint density at radius 1 is 1.50 bits per heavy atom. The van der Waals surface area contributed by atoms with Crippen molar-refractivity contribution in [2.45, 2.75) is 32.1 Å². The summed E-state index contributed by atoms with van der Waals surface area (Å²) in [4.78, 5) is 12.4. The van der Waals surface area contributed by atoms with Gasteiger partial charge in [-0.2, -0.15) is 5.10 Å². The second kappa shape index (κ2) is 4.41. The fourth-order valence-electron chi connectivity index (χ4n) is 3.85. The number of hydrogen-bond acceptors (Lipinski definition) is 3. The highest BCUT2D eigenvalue weighted by atomic mass is 16.5. The standard InChI is InChI=1S/C14H20N2O2/c1-16-14(13(18-2)8-15-16)12(17)7-11-6-9-3-4-10(11)5-9/h8-11H,3-7H2,1-2H3. The first-order valence-electron chi connectivity index (χ1n) is 6.78. The average molecular weight is 248 g/mol. The van der Waals surface area contributed by atoms with E-state index in [0.29, 0.717) is 23.8 Å². The lowest BCUT2D eigenvalue weighted by Crippen LogP contribution is -2.17. The van der Waals surface area contributed by atoms with Crippen LogP contribution in [-0.2, 0) is 7.05 Å². The molecule has 1 heterocycles. The fourth-order valence-corrected chi connectivity index (χ4v) is 3.85. The van der Waals surface area contributed by atoms with Crippen molar-refractivity contribution in [1.82, 2.24) is 9.78 Å². The van der Waals surface area contributed by atoms with E-state index >= 15 is 0 Å². The summed E-state index contributed by atoms with van der Waals surface area (Å²) in [6.45, 7) is 0. The Morgan fingerprint density at radius 2 is 2.33 bits per heavy atom. The minimum absolute atomic E-state index is 0.185. The molecule has 18 heavy (non-hydrogen) atoms. The molecule has 0 aliphatic heterocycles.